The SMILES string of the molecule is CCCCCCC(C#N)(C(=O)OCC)C(CCC)C(=O)OCC. The number of esters is 2. The molecule has 0 radical (unpaired) electrons. The van der Waals surface area contributed by atoms with Crippen LogP contribution in [0.5, 0.6) is 0 Å². The molecule has 23 heavy (non-hydrogen) atoms. The van der Waals surface area contributed by atoms with Gasteiger partial charge in [-0.1, -0.05) is 46.0 Å². The first-order valence-electron chi connectivity index (χ1n) is 8.79. The highest BCUT2D eigenvalue weighted by molar-refractivity contribution is 5.88. The van der Waals surface area contributed by atoms with Crippen LogP contribution in [0, 0.1) is 22.7 Å². The van der Waals surface area contributed by atoms with Gasteiger partial charge in [-0.05, 0) is 26.7 Å². The number of carbonyl (C=O) groups excluding carboxylic acids is 2. The van der Waals surface area contributed by atoms with Crippen LogP contribution in [0.15, 0.2) is 0 Å². The average Bonchev–Trinajstić information content (AvgIpc) is 2.54. The molecule has 0 bridgehead atoms. The second kappa shape index (κ2) is 11.9. The van der Waals surface area contributed by atoms with E-state index in [2.05, 4.69) is 13.0 Å². The standard InChI is InChI=1S/C18H31NO4/c1-5-9-10-11-13-18(14-19,17(21)23-8-4)15(12-6-2)16(20)22-7-3/h15H,5-13H2,1-4H3. The Balaban J connectivity index is 5.50. The number of hydrogen-bond acceptors (Lipinski definition) is 5. The Morgan fingerprint density at radius 2 is 1.65 bits per heavy atom. The molecule has 0 aromatic carbocycles. The summed E-state index contributed by atoms with van der Waals surface area (Å²) in [6.45, 7) is 7.88. The zero-order chi connectivity index (χ0) is 17.7. The summed E-state index contributed by atoms with van der Waals surface area (Å²) in [4.78, 5) is 24.9. The van der Waals surface area contributed by atoms with Gasteiger partial charge in [-0.2, -0.15) is 5.26 Å². The molecule has 0 N–H and O–H groups in total. The summed E-state index contributed by atoms with van der Waals surface area (Å²) in [5.41, 5.74) is -1.44. The van der Waals surface area contributed by atoms with Gasteiger partial charge in [-0.15, -0.1) is 0 Å². The Bertz CT molecular complexity index is 402. The Morgan fingerprint density at radius 3 is 2.13 bits per heavy atom. The maximum Gasteiger partial charge on any atom is 0.327 e. The lowest BCUT2D eigenvalue weighted by atomic mass is 9.70. The van der Waals surface area contributed by atoms with Crippen LogP contribution < -0.4 is 0 Å². The van der Waals surface area contributed by atoms with Crippen molar-refractivity contribution < 1.29 is 19.1 Å². The van der Waals surface area contributed by atoms with E-state index in [9.17, 15) is 14.9 Å². The van der Waals surface area contributed by atoms with E-state index in [1.165, 1.54) is 0 Å². The smallest absolute Gasteiger partial charge is 0.327 e. The van der Waals surface area contributed by atoms with Crippen molar-refractivity contribution in [1.82, 2.24) is 0 Å². The Kier molecular flexibility index (Phi) is 11.1. The van der Waals surface area contributed by atoms with Gasteiger partial charge in [0, 0.05) is 0 Å². The first-order chi connectivity index (χ1) is 11.0. The fourth-order valence-corrected chi connectivity index (χ4v) is 2.79. The summed E-state index contributed by atoms with van der Waals surface area (Å²) in [5.74, 6) is -1.83. The number of nitrogens with zero attached hydrogens (tertiary/aromatic N) is 1. The predicted octanol–water partition coefficient (Wildman–Crippen LogP) is 4.01. The van der Waals surface area contributed by atoms with Crippen molar-refractivity contribution in [3.63, 3.8) is 0 Å². The van der Waals surface area contributed by atoms with E-state index in [0.717, 1.165) is 25.7 Å². The van der Waals surface area contributed by atoms with Gasteiger partial charge in [-0.25, -0.2) is 0 Å². The summed E-state index contributed by atoms with van der Waals surface area (Å²) in [6, 6.07) is 2.13. The van der Waals surface area contributed by atoms with E-state index in [-0.39, 0.29) is 13.2 Å². The fourth-order valence-electron chi connectivity index (χ4n) is 2.79. The minimum absolute atomic E-state index is 0.193. The van der Waals surface area contributed by atoms with E-state index in [0.29, 0.717) is 19.3 Å². The van der Waals surface area contributed by atoms with Crippen molar-refractivity contribution in [1.29, 1.82) is 5.26 Å². The highest BCUT2D eigenvalue weighted by Gasteiger charge is 2.50. The van der Waals surface area contributed by atoms with Crippen molar-refractivity contribution >= 4 is 11.9 Å². The molecule has 0 fully saturated rings. The van der Waals surface area contributed by atoms with Gasteiger partial charge in [0.1, 0.15) is 0 Å². The van der Waals surface area contributed by atoms with Crippen molar-refractivity contribution in [3.05, 3.63) is 0 Å². The average molecular weight is 325 g/mol. The topological polar surface area (TPSA) is 76.4 Å². The third-order valence-corrected chi connectivity index (χ3v) is 4.01. The van der Waals surface area contributed by atoms with Crippen molar-refractivity contribution in [2.75, 3.05) is 13.2 Å². The van der Waals surface area contributed by atoms with Crippen LogP contribution in [0.2, 0.25) is 0 Å². The molecule has 132 valence electrons. The number of unbranched alkanes of at least 4 members (excludes halogenated alkanes) is 3. The second-order valence-electron chi connectivity index (χ2n) is 5.71. The number of rotatable bonds is 12. The molecule has 0 aliphatic heterocycles. The van der Waals surface area contributed by atoms with Gasteiger partial charge in [-0.3, -0.25) is 9.59 Å². The predicted molar refractivity (Wildman–Crippen MR) is 88.5 cm³/mol. The molecule has 0 aliphatic carbocycles. The lowest BCUT2D eigenvalue weighted by Gasteiger charge is -2.31. The zero-order valence-corrected chi connectivity index (χ0v) is 15.0. The Labute approximate surface area is 140 Å². The van der Waals surface area contributed by atoms with Crippen LogP contribution in [0.25, 0.3) is 0 Å². The molecule has 0 spiro atoms. The largest absolute Gasteiger partial charge is 0.466 e. The van der Waals surface area contributed by atoms with Crippen LogP contribution >= 0.6 is 0 Å². The van der Waals surface area contributed by atoms with Gasteiger partial charge in [0.2, 0.25) is 0 Å². The molecule has 5 heteroatoms. The Morgan fingerprint density at radius 1 is 1.00 bits per heavy atom. The maximum atomic E-state index is 12.5. The number of nitriles is 1. The molecule has 0 aliphatic rings. The first-order valence-corrected chi connectivity index (χ1v) is 8.79. The van der Waals surface area contributed by atoms with Crippen LogP contribution in [0.3, 0.4) is 0 Å². The number of carbonyl (C=O) groups is 2. The van der Waals surface area contributed by atoms with Gasteiger partial charge < -0.3 is 9.47 Å². The maximum absolute atomic E-state index is 12.5. The molecule has 0 aromatic heterocycles. The second-order valence-corrected chi connectivity index (χ2v) is 5.71. The van der Waals surface area contributed by atoms with Crippen LogP contribution in [-0.2, 0) is 19.1 Å². The van der Waals surface area contributed by atoms with Crippen molar-refractivity contribution in [3.8, 4) is 6.07 Å². The highest BCUT2D eigenvalue weighted by atomic mass is 16.5. The van der Waals surface area contributed by atoms with Crippen LogP contribution in [-0.4, -0.2) is 25.2 Å². The van der Waals surface area contributed by atoms with Crippen LogP contribution in [0.1, 0.15) is 72.6 Å². The molecule has 5 nitrogen and oxygen atoms in total. The molecule has 0 rings (SSSR count). The van der Waals surface area contributed by atoms with Crippen molar-refractivity contribution in [2.45, 2.75) is 72.6 Å². The summed E-state index contributed by atoms with van der Waals surface area (Å²) in [5, 5.41) is 9.79. The summed E-state index contributed by atoms with van der Waals surface area (Å²) < 4.78 is 10.3. The molecule has 2 atom stereocenters. The monoisotopic (exact) mass is 325 g/mol. The Hall–Kier alpha value is -1.57. The zero-order valence-electron chi connectivity index (χ0n) is 15.0. The molecular formula is C18H31NO4. The van der Waals surface area contributed by atoms with Gasteiger partial charge in [0.15, 0.2) is 5.41 Å². The number of ether oxygens (including phenoxy) is 2. The van der Waals surface area contributed by atoms with E-state index in [1.807, 2.05) is 6.92 Å². The molecule has 0 saturated heterocycles. The molecule has 0 saturated carbocycles. The normalized spacial score (nSPS) is 14.4. The molecule has 0 amide bonds. The molecule has 2 unspecified atom stereocenters. The summed E-state index contributed by atoms with van der Waals surface area (Å²) in [6.07, 6.45) is 5.24. The molecule has 0 heterocycles. The highest BCUT2D eigenvalue weighted by Crippen LogP contribution is 2.38. The van der Waals surface area contributed by atoms with E-state index >= 15 is 0 Å². The van der Waals surface area contributed by atoms with Crippen LogP contribution in [0.4, 0.5) is 0 Å². The van der Waals surface area contributed by atoms with Gasteiger partial charge >= 0.3 is 11.9 Å². The van der Waals surface area contributed by atoms with E-state index in [4.69, 9.17) is 9.47 Å². The minimum atomic E-state index is -1.44. The molecular weight excluding hydrogens is 294 g/mol. The van der Waals surface area contributed by atoms with Gasteiger partial charge in [0.25, 0.3) is 0 Å². The summed E-state index contributed by atoms with van der Waals surface area (Å²) in [7, 11) is 0. The van der Waals surface area contributed by atoms with Gasteiger partial charge in [0.05, 0.1) is 25.2 Å². The molecule has 0 aromatic rings. The van der Waals surface area contributed by atoms with E-state index < -0.39 is 23.3 Å². The third-order valence-electron chi connectivity index (χ3n) is 4.01. The van der Waals surface area contributed by atoms with E-state index in [1.54, 1.807) is 13.8 Å². The third kappa shape index (κ3) is 6.21. The van der Waals surface area contributed by atoms with Crippen molar-refractivity contribution in [2.24, 2.45) is 11.3 Å². The number of hydrogen-bond donors (Lipinski definition) is 0. The summed E-state index contributed by atoms with van der Waals surface area (Å²) >= 11 is 0. The fraction of sp³-hybridized carbons (Fsp3) is 0.833. The lowest BCUT2D eigenvalue weighted by Crippen LogP contribution is -2.43. The lowest BCUT2D eigenvalue weighted by molar-refractivity contribution is -0.166. The first kappa shape index (κ1) is 21.4. The quantitative estimate of drug-likeness (QED) is 0.400. The minimum Gasteiger partial charge on any atom is -0.466 e.